The number of ether oxygens (including phenoxy) is 2. The second kappa shape index (κ2) is 8.38. The molecule has 0 spiro atoms. The Labute approximate surface area is 186 Å². The minimum atomic E-state index is -0.429. The van der Waals surface area contributed by atoms with Crippen molar-refractivity contribution >= 4 is 5.97 Å². The van der Waals surface area contributed by atoms with Crippen LogP contribution in [0.2, 0.25) is 0 Å². The first-order chi connectivity index (χ1) is 15.7. The second-order valence-corrected chi connectivity index (χ2v) is 7.77. The van der Waals surface area contributed by atoms with Crippen LogP contribution in [0.25, 0.3) is 22.6 Å². The van der Waals surface area contributed by atoms with Gasteiger partial charge >= 0.3 is 5.97 Å². The van der Waals surface area contributed by atoms with Crippen molar-refractivity contribution in [3.63, 3.8) is 0 Å². The van der Waals surface area contributed by atoms with Gasteiger partial charge in [0, 0.05) is 23.9 Å². The fraction of sp³-hybridized carbons (Fsp3) is 0.231. The lowest BCUT2D eigenvalue weighted by molar-refractivity contribution is 0.0513. The van der Waals surface area contributed by atoms with Crippen molar-refractivity contribution in [1.82, 2.24) is 9.72 Å². The van der Waals surface area contributed by atoms with Gasteiger partial charge in [-0.2, -0.15) is 0 Å². The summed E-state index contributed by atoms with van der Waals surface area (Å²) in [4.78, 5) is 12.3. The standard InChI is InChI=1S/C26H24N2O4/c1-3-31-26(29)23-21-14-13-20-22(25(21)32-27-23)16-28(24(20)18-7-5-4-6-8-18)15-17-9-11-19(30-2)12-10-17/h4-12,16H,3,13-15H2,1-2H3. The molecule has 1 aliphatic rings. The van der Waals surface area contributed by atoms with Gasteiger partial charge in [-0.05, 0) is 48.6 Å². The van der Waals surface area contributed by atoms with Crippen LogP contribution < -0.4 is 4.74 Å². The Hall–Kier alpha value is -3.80. The first-order valence-electron chi connectivity index (χ1n) is 10.8. The van der Waals surface area contributed by atoms with Gasteiger partial charge in [-0.1, -0.05) is 47.6 Å². The maximum Gasteiger partial charge on any atom is 0.360 e. The molecule has 0 amide bonds. The van der Waals surface area contributed by atoms with Crippen molar-refractivity contribution in [2.45, 2.75) is 26.3 Å². The molecule has 2 heterocycles. The molecule has 6 nitrogen and oxygen atoms in total. The molecule has 0 atom stereocenters. The van der Waals surface area contributed by atoms with E-state index in [1.165, 1.54) is 11.1 Å². The normalized spacial score (nSPS) is 12.2. The quantitative estimate of drug-likeness (QED) is 0.398. The van der Waals surface area contributed by atoms with E-state index in [4.69, 9.17) is 14.0 Å². The lowest BCUT2D eigenvalue weighted by atomic mass is 9.90. The zero-order chi connectivity index (χ0) is 22.1. The summed E-state index contributed by atoms with van der Waals surface area (Å²) in [5.41, 5.74) is 6.80. The van der Waals surface area contributed by atoms with Crippen molar-refractivity contribution in [3.05, 3.63) is 83.2 Å². The third kappa shape index (κ3) is 3.47. The Morgan fingerprint density at radius 1 is 1.06 bits per heavy atom. The molecule has 32 heavy (non-hydrogen) atoms. The van der Waals surface area contributed by atoms with Gasteiger partial charge in [-0.15, -0.1) is 0 Å². The van der Waals surface area contributed by atoms with Gasteiger partial charge in [0.05, 0.1) is 19.4 Å². The molecule has 0 unspecified atom stereocenters. The van der Waals surface area contributed by atoms with E-state index < -0.39 is 5.97 Å². The predicted molar refractivity (Wildman–Crippen MR) is 121 cm³/mol. The summed E-state index contributed by atoms with van der Waals surface area (Å²) in [6, 6.07) is 18.5. The predicted octanol–water partition coefficient (Wildman–Crippen LogP) is 5.14. The third-order valence-electron chi connectivity index (χ3n) is 5.87. The number of esters is 1. The smallest absolute Gasteiger partial charge is 0.360 e. The number of fused-ring (bicyclic) bond motifs is 3. The minimum absolute atomic E-state index is 0.289. The Kier molecular flexibility index (Phi) is 5.27. The van der Waals surface area contributed by atoms with Crippen LogP contribution in [0.1, 0.15) is 34.1 Å². The molecule has 2 aromatic heterocycles. The molecule has 0 saturated carbocycles. The van der Waals surface area contributed by atoms with Gasteiger partial charge in [-0.3, -0.25) is 0 Å². The summed E-state index contributed by atoms with van der Waals surface area (Å²) in [6.45, 7) is 2.80. The Morgan fingerprint density at radius 3 is 2.53 bits per heavy atom. The average Bonchev–Trinajstić information content (AvgIpc) is 3.41. The van der Waals surface area contributed by atoms with Crippen LogP contribution in [-0.4, -0.2) is 29.4 Å². The highest BCUT2D eigenvalue weighted by molar-refractivity contribution is 5.92. The Morgan fingerprint density at radius 2 is 1.81 bits per heavy atom. The van der Waals surface area contributed by atoms with E-state index in [2.05, 4.69) is 40.2 Å². The number of aromatic nitrogens is 2. The molecule has 162 valence electrons. The molecule has 0 bridgehead atoms. The van der Waals surface area contributed by atoms with Crippen molar-refractivity contribution in [1.29, 1.82) is 0 Å². The molecule has 6 heteroatoms. The van der Waals surface area contributed by atoms with Gasteiger partial charge in [0.2, 0.25) is 0 Å². The highest BCUT2D eigenvalue weighted by Crippen LogP contribution is 2.42. The fourth-order valence-electron chi connectivity index (χ4n) is 4.40. The highest BCUT2D eigenvalue weighted by atomic mass is 16.5. The van der Waals surface area contributed by atoms with E-state index in [0.29, 0.717) is 25.3 Å². The molecule has 2 aromatic carbocycles. The van der Waals surface area contributed by atoms with Crippen LogP contribution in [0.15, 0.2) is 65.3 Å². The van der Waals surface area contributed by atoms with Crippen molar-refractivity contribution < 1.29 is 18.8 Å². The number of rotatable bonds is 6. The van der Waals surface area contributed by atoms with E-state index >= 15 is 0 Å². The van der Waals surface area contributed by atoms with E-state index in [0.717, 1.165) is 34.6 Å². The summed E-state index contributed by atoms with van der Waals surface area (Å²) in [5, 5.41) is 4.06. The van der Waals surface area contributed by atoms with Crippen molar-refractivity contribution in [3.8, 4) is 28.3 Å². The molecule has 0 N–H and O–H groups in total. The van der Waals surface area contributed by atoms with Gasteiger partial charge in [0.25, 0.3) is 0 Å². The van der Waals surface area contributed by atoms with E-state index in [1.54, 1.807) is 14.0 Å². The summed E-state index contributed by atoms with van der Waals surface area (Å²) in [7, 11) is 1.67. The Balaban J connectivity index is 1.61. The summed E-state index contributed by atoms with van der Waals surface area (Å²) in [5.74, 6) is 1.07. The zero-order valence-electron chi connectivity index (χ0n) is 18.1. The van der Waals surface area contributed by atoms with Gasteiger partial charge in [-0.25, -0.2) is 4.79 Å². The molecule has 0 aliphatic heterocycles. The van der Waals surface area contributed by atoms with Crippen molar-refractivity contribution in [2.24, 2.45) is 0 Å². The SMILES string of the molecule is CCOC(=O)c1noc2c1CCc1c-2cn(Cc2ccc(OC)cc2)c1-c1ccccc1. The topological polar surface area (TPSA) is 66.5 Å². The minimum Gasteiger partial charge on any atom is -0.497 e. The molecule has 1 aliphatic carbocycles. The third-order valence-corrected chi connectivity index (χ3v) is 5.87. The highest BCUT2D eigenvalue weighted by Gasteiger charge is 2.32. The summed E-state index contributed by atoms with van der Waals surface area (Å²) in [6.07, 6.45) is 3.60. The van der Waals surface area contributed by atoms with Crippen LogP contribution in [0.3, 0.4) is 0 Å². The lowest BCUT2D eigenvalue weighted by Gasteiger charge is -2.15. The zero-order valence-corrected chi connectivity index (χ0v) is 18.1. The number of carbonyl (C=O) groups excluding carboxylic acids is 1. The van der Waals surface area contributed by atoms with E-state index in [-0.39, 0.29) is 5.69 Å². The van der Waals surface area contributed by atoms with Gasteiger partial charge < -0.3 is 18.6 Å². The number of methoxy groups -OCH3 is 1. The summed E-state index contributed by atoms with van der Waals surface area (Å²) < 4.78 is 18.4. The first-order valence-corrected chi connectivity index (χ1v) is 10.8. The molecular formula is C26H24N2O4. The molecule has 0 radical (unpaired) electrons. The molecular weight excluding hydrogens is 404 g/mol. The van der Waals surface area contributed by atoms with E-state index in [1.807, 2.05) is 30.3 Å². The number of hydrogen-bond donors (Lipinski definition) is 0. The molecule has 5 rings (SSSR count). The molecule has 4 aromatic rings. The van der Waals surface area contributed by atoms with Gasteiger partial charge in [0.1, 0.15) is 5.75 Å². The molecule has 0 fully saturated rings. The average molecular weight is 428 g/mol. The Bertz CT molecular complexity index is 1250. The molecule has 0 saturated heterocycles. The van der Waals surface area contributed by atoms with Gasteiger partial charge in [0.15, 0.2) is 11.5 Å². The number of carbonyl (C=O) groups is 1. The lowest BCUT2D eigenvalue weighted by Crippen LogP contribution is -2.10. The van der Waals surface area contributed by atoms with Crippen LogP contribution in [0.5, 0.6) is 5.75 Å². The van der Waals surface area contributed by atoms with Crippen molar-refractivity contribution in [2.75, 3.05) is 13.7 Å². The largest absolute Gasteiger partial charge is 0.497 e. The fourth-order valence-corrected chi connectivity index (χ4v) is 4.40. The monoisotopic (exact) mass is 428 g/mol. The van der Waals surface area contributed by atoms with Crippen LogP contribution in [-0.2, 0) is 24.1 Å². The number of hydrogen-bond acceptors (Lipinski definition) is 5. The first kappa shape index (κ1) is 20.1. The van der Waals surface area contributed by atoms with Crippen LogP contribution >= 0.6 is 0 Å². The maximum absolute atomic E-state index is 12.3. The maximum atomic E-state index is 12.3. The van der Waals surface area contributed by atoms with E-state index in [9.17, 15) is 4.79 Å². The second-order valence-electron chi connectivity index (χ2n) is 7.77. The number of benzene rings is 2. The number of nitrogens with zero attached hydrogens (tertiary/aromatic N) is 2. The summed E-state index contributed by atoms with van der Waals surface area (Å²) >= 11 is 0. The van der Waals surface area contributed by atoms with Crippen LogP contribution in [0, 0.1) is 0 Å². The van der Waals surface area contributed by atoms with Crippen LogP contribution in [0.4, 0.5) is 0 Å².